The number of anilines is 2. The second kappa shape index (κ2) is 8.02. The molecule has 0 aliphatic rings. The first kappa shape index (κ1) is 18.8. The zero-order valence-electron chi connectivity index (χ0n) is 14.5. The van der Waals surface area contributed by atoms with Gasteiger partial charge in [-0.1, -0.05) is 24.3 Å². The second-order valence-electron chi connectivity index (χ2n) is 5.76. The summed E-state index contributed by atoms with van der Waals surface area (Å²) in [4.78, 5) is 12.2. The van der Waals surface area contributed by atoms with Crippen molar-refractivity contribution in [1.29, 1.82) is 0 Å². The molecule has 0 fully saturated rings. The largest absolute Gasteiger partial charge is 0.496 e. The molecule has 2 rings (SSSR count). The van der Waals surface area contributed by atoms with Crippen LogP contribution in [0.3, 0.4) is 0 Å². The van der Waals surface area contributed by atoms with Gasteiger partial charge in [-0.2, -0.15) is 0 Å². The molecule has 0 aromatic heterocycles. The molecule has 7 heteroatoms. The molecule has 0 atom stereocenters. The summed E-state index contributed by atoms with van der Waals surface area (Å²) >= 11 is 0. The fraction of sp³-hybridized carbons (Fsp3) is 0.278. The molecule has 0 saturated carbocycles. The fourth-order valence-electron chi connectivity index (χ4n) is 2.39. The Kier molecular flexibility index (Phi) is 6.03. The second-order valence-corrected chi connectivity index (χ2v) is 7.51. The highest BCUT2D eigenvalue weighted by molar-refractivity contribution is 7.92. The number of nitrogens with one attached hydrogen (secondary N) is 2. The molecule has 25 heavy (non-hydrogen) atoms. The van der Waals surface area contributed by atoms with Gasteiger partial charge < -0.3 is 10.1 Å². The molecule has 2 aromatic rings. The molecular formula is C18H22N2O4S. The van der Waals surface area contributed by atoms with E-state index in [1.165, 1.54) is 0 Å². The van der Waals surface area contributed by atoms with Gasteiger partial charge in [0, 0.05) is 12.1 Å². The first-order valence-electron chi connectivity index (χ1n) is 7.78. The molecule has 0 bridgehead atoms. The van der Waals surface area contributed by atoms with E-state index in [9.17, 15) is 13.2 Å². The third kappa shape index (κ3) is 5.79. The Bertz CT molecular complexity index is 863. The average Bonchev–Trinajstić information content (AvgIpc) is 2.55. The van der Waals surface area contributed by atoms with Gasteiger partial charge in [0.2, 0.25) is 15.9 Å². The van der Waals surface area contributed by atoms with E-state index in [0.29, 0.717) is 24.2 Å². The van der Waals surface area contributed by atoms with Crippen molar-refractivity contribution in [3.05, 3.63) is 53.6 Å². The number of aryl methyl sites for hydroxylation is 2. The van der Waals surface area contributed by atoms with Crippen LogP contribution in [0, 0.1) is 6.92 Å². The number of amides is 1. The Hall–Kier alpha value is -2.54. The van der Waals surface area contributed by atoms with Crippen molar-refractivity contribution >= 4 is 27.3 Å². The third-order valence-electron chi connectivity index (χ3n) is 3.63. The molecule has 2 N–H and O–H groups in total. The summed E-state index contributed by atoms with van der Waals surface area (Å²) in [5, 5.41) is 2.79. The number of sulfonamides is 1. The van der Waals surface area contributed by atoms with Gasteiger partial charge in [0.05, 0.1) is 19.1 Å². The fourth-order valence-corrected chi connectivity index (χ4v) is 3.01. The highest BCUT2D eigenvalue weighted by Gasteiger charge is 2.09. The van der Waals surface area contributed by atoms with Crippen molar-refractivity contribution < 1.29 is 17.9 Å². The van der Waals surface area contributed by atoms with Gasteiger partial charge in [0.1, 0.15) is 5.75 Å². The van der Waals surface area contributed by atoms with Crippen LogP contribution in [0.4, 0.5) is 11.4 Å². The van der Waals surface area contributed by atoms with E-state index in [0.717, 1.165) is 23.1 Å². The van der Waals surface area contributed by atoms with Gasteiger partial charge in [-0.25, -0.2) is 8.42 Å². The molecule has 1 amide bonds. The molecule has 6 nitrogen and oxygen atoms in total. The van der Waals surface area contributed by atoms with Crippen LogP contribution in [-0.2, 0) is 21.2 Å². The zero-order chi connectivity index (χ0) is 18.4. The Morgan fingerprint density at radius 1 is 1.16 bits per heavy atom. The van der Waals surface area contributed by atoms with Crippen LogP contribution in [0.2, 0.25) is 0 Å². The summed E-state index contributed by atoms with van der Waals surface area (Å²) in [6.45, 7) is 1.79. The van der Waals surface area contributed by atoms with Crippen LogP contribution in [0.15, 0.2) is 42.5 Å². The summed E-state index contributed by atoms with van der Waals surface area (Å²) in [6.07, 6.45) is 1.93. The molecule has 0 unspecified atom stereocenters. The maximum atomic E-state index is 12.2. The van der Waals surface area contributed by atoms with Crippen LogP contribution in [0.5, 0.6) is 5.75 Å². The Labute approximate surface area is 148 Å². The Morgan fingerprint density at radius 2 is 1.88 bits per heavy atom. The number of rotatable bonds is 7. The number of benzene rings is 2. The molecule has 2 aromatic carbocycles. The minimum atomic E-state index is -3.38. The van der Waals surface area contributed by atoms with Gasteiger partial charge in [-0.3, -0.25) is 9.52 Å². The van der Waals surface area contributed by atoms with Gasteiger partial charge in [0.25, 0.3) is 0 Å². The summed E-state index contributed by atoms with van der Waals surface area (Å²) in [6, 6.07) is 12.7. The number of methoxy groups -OCH3 is 1. The van der Waals surface area contributed by atoms with Crippen molar-refractivity contribution in [2.24, 2.45) is 0 Å². The van der Waals surface area contributed by atoms with Gasteiger partial charge in [0.15, 0.2) is 0 Å². The standard InChI is InChI=1S/C18H22N2O4S/c1-13-8-10-15(12-16(13)20-25(3,22)23)19-18(21)11-9-14-6-4-5-7-17(14)24-2/h4-8,10,12,20H,9,11H2,1-3H3,(H,19,21). The van der Waals surface area contributed by atoms with E-state index in [1.54, 1.807) is 32.2 Å². The SMILES string of the molecule is COc1ccccc1CCC(=O)Nc1ccc(C)c(NS(C)(=O)=O)c1. The van der Waals surface area contributed by atoms with Crippen molar-refractivity contribution in [2.45, 2.75) is 19.8 Å². The number of carbonyl (C=O) groups is 1. The van der Waals surface area contributed by atoms with E-state index >= 15 is 0 Å². The van der Waals surface area contributed by atoms with Crippen molar-refractivity contribution in [3.8, 4) is 5.75 Å². The first-order valence-corrected chi connectivity index (χ1v) is 9.68. The lowest BCUT2D eigenvalue weighted by atomic mass is 10.1. The van der Waals surface area contributed by atoms with Crippen molar-refractivity contribution in [3.63, 3.8) is 0 Å². The van der Waals surface area contributed by atoms with E-state index < -0.39 is 10.0 Å². The maximum Gasteiger partial charge on any atom is 0.229 e. The summed E-state index contributed by atoms with van der Waals surface area (Å²) in [5.74, 6) is 0.602. The van der Waals surface area contributed by atoms with Crippen LogP contribution < -0.4 is 14.8 Å². The van der Waals surface area contributed by atoms with E-state index in [-0.39, 0.29) is 5.91 Å². The molecular weight excluding hydrogens is 340 g/mol. The summed E-state index contributed by atoms with van der Waals surface area (Å²) in [7, 11) is -1.78. The molecule has 0 aliphatic heterocycles. The molecule has 134 valence electrons. The smallest absolute Gasteiger partial charge is 0.229 e. The van der Waals surface area contributed by atoms with Crippen LogP contribution in [-0.4, -0.2) is 27.7 Å². The van der Waals surface area contributed by atoms with E-state index in [1.807, 2.05) is 24.3 Å². The third-order valence-corrected chi connectivity index (χ3v) is 4.22. The van der Waals surface area contributed by atoms with E-state index in [2.05, 4.69) is 10.0 Å². The number of ether oxygens (including phenoxy) is 1. The normalized spacial score (nSPS) is 11.0. The lowest BCUT2D eigenvalue weighted by molar-refractivity contribution is -0.116. The summed E-state index contributed by atoms with van der Waals surface area (Å²) < 4.78 is 30.5. The van der Waals surface area contributed by atoms with Gasteiger partial charge in [-0.15, -0.1) is 0 Å². The average molecular weight is 362 g/mol. The van der Waals surface area contributed by atoms with Crippen LogP contribution >= 0.6 is 0 Å². The number of hydrogen-bond acceptors (Lipinski definition) is 4. The predicted octanol–water partition coefficient (Wildman–Crippen LogP) is 2.95. The zero-order valence-corrected chi connectivity index (χ0v) is 15.3. The van der Waals surface area contributed by atoms with Crippen LogP contribution in [0.1, 0.15) is 17.5 Å². The lowest BCUT2D eigenvalue weighted by Gasteiger charge is -2.12. The molecule has 0 radical (unpaired) electrons. The summed E-state index contributed by atoms with van der Waals surface area (Å²) in [5.41, 5.74) is 2.73. The molecule has 0 saturated heterocycles. The maximum absolute atomic E-state index is 12.2. The molecule has 0 aliphatic carbocycles. The first-order chi connectivity index (χ1) is 11.8. The number of carbonyl (C=O) groups excluding carboxylic acids is 1. The minimum absolute atomic E-state index is 0.153. The number of hydrogen-bond donors (Lipinski definition) is 2. The van der Waals surface area contributed by atoms with Crippen LogP contribution in [0.25, 0.3) is 0 Å². The predicted molar refractivity (Wildman–Crippen MR) is 99.6 cm³/mol. The minimum Gasteiger partial charge on any atom is -0.496 e. The molecule has 0 spiro atoms. The monoisotopic (exact) mass is 362 g/mol. The van der Waals surface area contributed by atoms with Crippen molar-refractivity contribution in [1.82, 2.24) is 0 Å². The quantitative estimate of drug-likeness (QED) is 0.793. The Morgan fingerprint density at radius 3 is 2.56 bits per heavy atom. The molecule has 0 heterocycles. The van der Waals surface area contributed by atoms with Crippen molar-refractivity contribution in [2.75, 3.05) is 23.4 Å². The highest BCUT2D eigenvalue weighted by Crippen LogP contribution is 2.22. The lowest BCUT2D eigenvalue weighted by Crippen LogP contribution is -2.14. The Balaban J connectivity index is 2.02. The van der Waals surface area contributed by atoms with Gasteiger partial charge >= 0.3 is 0 Å². The topological polar surface area (TPSA) is 84.5 Å². The van der Waals surface area contributed by atoms with E-state index in [4.69, 9.17) is 4.74 Å². The highest BCUT2D eigenvalue weighted by atomic mass is 32.2. The van der Waals surface area contributed by atoms with Gasteiger partial charge in [-0.05, 0) is 42.7 Å². The number of para-hydroxylation sites is 1.